The van der Waals surface area contributed by atoms with E-state index >= 15 is 0 Å². The van der Waals surface area contributed by atoms with Gasteiger partial charge >= 0.3 is 0 Å². The zero-order valence-electron chi connectivity index (χ0n) is 14.1. The van der Waals surface area contributed by atoms with Crippen molar-refractivity contribution in [3.8, 4) is 29.1 Å². The van der Waals surface area contributed by atoms with Gasteiger partial charge in [0.1, 0.15) is 29.0 Å². The van der Waals surface area contributed by atoms with Crippen molar-refractivity contribution in [2.45, 2.75) is 0 Å². The van der Waals surface area contributed by atoms with Crippen molar-refractivity contribution >= 4 is 16.7 Å². The fourth-order valence-corrected chi connectivity index (χ4v) is 2.48. The molecule has 2 aromatic carbocycles. The second-order valence-corrected chi connectivity index (χ2v) is 5.33. The van der Waals surface area contributed by atoms with E-state index in [-0.39, 0.29) is 17.1 Å². The Bertz CT molecular complexity index is 1020. The monoisotopic (exact) mass is 349 g/mol. The molecule has 0 saturated heterocycles. The maximum atomic E-state index is 11.8. The van der Waals surface area contributed by atoms with Crippen LogP contribution in [0.4, 0.5) is 0 Å². The van der Waals surface area contributed by atoms with Crippen molar-refractivity contribution in [3.63, 3.8) is 0 Å². The Balaban J connectivity index is 2.05. The Morgan fingerprint density at radius 1 is 1.12 bits per heavy atom. The maximum absolute atomic E-state index is 11.8. The molecule has 1 aromatic heterocycles. The summed E-state index contributed by atoms with van der Waals surface area (Å²) in [5.74, 6) is 0.906. The Labute approximate surface area is 149 Å². The topological polar surface area (TPSA) is 104 Å². The normalized spacial score (nSPS) is 10.2. The van der Waals surface area contributed by atoms with E-state index in [4.69, 9.17) is 9.47 Å². The molecule has 0 aliphatic rings. The number of benzene rings is 2. The van der Waals surface area contributed by atoms with Crippen LogP contribution in [0.15, 0.2) is 42.5 Å². The fourth-order valence-electron chi connectivity index (χ4n) is 2.48. The van der Waals surface area contributed by atoms with Crippen LogP contribution in [0, 0.1) is 11.3 Å². The first-order valence-electron chi connectivity index (χ1n) is 7.68. The molecule has 0 spiro atoms. The van der Waals surface area contributed by atoms with Crippen LogP contribution >= 0.6 is 0 Å². The summed E-state index contributed by atoms with van der Waals surface area (Å²) >= 11 is 0. The van der Waals surface area contributed by atoms with E-state index in [0.717, 1.165) is 0 Å². The molecule has 7 heteroatoms. The highest BCUT2D eigenvalue weighted by Crippen LogP contribution is 2.33. The summed E-state index contributed by atoms with van der Waals surface area (Å²) in [7, 11) is 3.00. The largest absolute Gasteiger partial charge is 0.505 e. The lowest BCUT2D eigenvalue weighted by Crippen LogP contribution is -2.20. The van der Waals surface area contributed by atoms with Gasteiger partial charge in [0.2, 0.25) is 0 Å². The summed E-state index contributed by atoms with van der Waals surface area (Å²) in [5, 5.41) is 22.8. The fraction of sp³-hybridized carbons (Fsp3) is 0.105. The summed E-state index contributed by atoms with van der Waals surface area (Å²) in [6.45, 7) is 0. The van der Waals surface area contributed by atoms with Gasteiger partial charge in [0.25, 0.3) is 5.91 Å². The molecular formula is C19H15N3O4. The molecule has 0 bridgehead atoms. The van der Waals surface area contributed by atoms with Crippen LogP contribution in [0.1, 0.15) is 16.2 Å². The summed E-state index contributed by atoms with van der Waals surface area (Å²) in [5.41, 5.74) is -0.169. The summed E-state index contributed by atoms with van der Waals surface area (Å²) in [6, 6.07) is 13.8. The van der Waals surface area contributed by atoms with Crippen molar-refractivity contribution in [3.05, 3.63) is 53.9 Å². The van der Waals surface area contributed by atoms with Gasteiger partial charge in [-0.05, 0) is 42.5 Å². The van der Waals surface area contributed by atoms with E-state index in [9.17, 15) is 15.2 Å². The molecule has 1 amide bonds. The lowest BCUT2D eigenvalue weighted by atomic mass is 10.1. The number of pyridine rings is 1. The van der Waals surface area contributed by atoms with Crippen LogP contribution < -0.4 is 14.8 Å². The second kappa shape index (κ2) is 6.99. The minimum Gasteiger partial charge on any atom is -0.505 e. The first-order chi connectivity index (χ1) is 12.6. The molecule has 3 rings (SSSR count). The van der Waals surface area contributed by atoms with Gasteiger partial charge in [-0.15, -0.1) is 0 Å². The number of nitriles is 1. The molecule has 0 atom stereocenters. The standard InChI is InChI=1S/C19H15N3O4/c1-21-19(24)17-18(23)14-8-7-13(9-15(14)16(10-20)22-17)26-12-5-3-11(25-2)4-6-12/h3-9,23H,1-2H3,(H,21,24). The van der Waals surface area contributed by atoms with E-state index in [2.05, 4.69) is 10.3 Å². The van der Waals surface area contributed by atoms with Gasteiger partial charge in [0, 0.05) is 17.8 Å². The third kappa shape index (κ3) is 3.08. The summed E-state index contributed by atoms with van der Waals surface area (Å²) in [4.78, 5) is 15.8. The van der Waals surface area contributed by atoms with Crippen LogP contribution in [0.5, 0.6) is 23.0 Å². The lowest BCUT2D eigenvalue weighted by Gasteiger charge is -2.11. The quantitative estimate of drug-likeness (QED) is 0.750. The molecule has 130 valence electrons. The molecular weight excluding hydrogens is 334 g/mol. The average Bonchev–Trinajstić information content (AvgIpc) is 2.68. The first-order valence-corrected chi connectivity index (χ1v) is 7.68. The Kier molecular flexibility index (Phi) is 4.58. The number of ether oxygens (including phenoxy) is 2. The predicted octanol–water partition coefficient (Wildman–Crippen LogP) is 2.97. The van der Waals surface area contributed by atoms with Crippen molar-refractivity contribution in [1.29, 1.82) is 5.26 Å². The number of amides is 1. The minimum atomic E-state index is -0.570. The van der Waals surface area contributed by atoms with Crippen LogP contribution in [-0.4, -0.2) is 30.2 Å². The number of hydrogen-bond acceptors (Lipinski definition) is 6. The van der Waals surface area contributed by atoms with Gasteiger partial charge in [-0.1, -0.05) is 0 Å². The zero-order valence-corrected chi connectivity index (χ0v) is 14.1. The molecule has 2 N–H and O–H groups in total. The number of nitrogens with one attached hydrogen (secondary N) is 1. The van der Waals surface area contributed by atoms with E-state index in [1.165, 1.54) is 7.05 Å². The van der Waals surface area contributed by atoms with Gasteiger partial charge in [-0.2, -0.15) is 5.26 Å². The number of fused-ring (bicyclic) bond motifs is 1. The Morgan fingerprint density at radius 3 is 2.38 bits per heavy atom. The van der Waals surface area contributed by atoms with Crippen molar-refractivity contribution in [2.75, 3.05) is 14.2 Å². The Morgan fingerprint density at radius 2 is 1.77 bits per heavy atom. The number of methoxy groups -OCH3 is 1. The number of rotatable bonds is 4. The highest BCUT2D eigenvalue weighted by Gasteiger charge is 2.18. The van der Waals surface area contributed by atoms with E-state index in [1.807, 2.05) is 6.07 Å². The van der Waals surface area contributed by atoms with Gasteiger partial charge in [-0.25, -0.2) is 4.98 Å². The number of aromatic nitrogens is 1. The van der Waals surface area contributed by atoms with Crippen LogP contribution in [0.3, 0.4) is 0 Å². The van der Waals surface area contributed by atoms with Crippen molar-refractivity contribution < 1.29 is 19.4 Å². The molecule has 1 heterocycles. The van der Waals surface area contributed by atoms with Crippen molar-refractivity contribution in [2.24, 2.45) is 0 Å². The van der Waals surface area contributed by atoms with Crippen LogP contribution in [0.2, 0.25) is 0 Å². The molecule has 0 aliphatic heterocycles. The maximum Gasteiger partial charge on any atom is 0.273 e. The summed E-state index contributed by atoms with van der Waals surface area (Å²) < 4.78 is 10.9. The number of nitrogens with zero attached hydrogens (tertiary/aromatic N) is 2. The number of carbonyl (C=O) groups is 1. The van der Waals surface area contributed by atoms with Gasteiger partial charge in [-0.3, -0.25) is 4.79 Å². The van der Waals surface area contributed by atoms with E-state index < -0.39 is 5.91 Å². The SMILES string of the molecule is CNC(=O)c1nc(C#N)c2cc(Oc3ccc(OC)cc3)ccc2c1O. The molecule has 0 fully saturated rings. The first kappa shape index (κ1) is 17.0. The number of carbonyl (C=O) groups excluding carboxylic acids is 1. The van der Waals surface area contributed by atoms with Crippen molar-refractivity contribution in [1.82, 2.24) is 10.3 Å². The average molecular weight is 349 g/mol. The summed E-state index contributed by atoms with van der Waals surface area (Å²) in [6.07, 6.45) is 0. The third-order valence-electron chi connectivity index (χ3n) is 3.79. The smallest absolute Gasteiger partial charge is 0.273 e. The zero-order chi connectivity index (χ0) is 18.7. The molecule has 0 aliphatic carbocycles. The molecule has 3 aromatic rings. The van der Waals surface area contributed by atoms with E-state index in [0.29, 0.717) is 28.0 Å². The van der Waals surface area contributed by atoms with Gasteiger partial charge < -0.3 is 19.9 Å². The number of aromatic hydroxyl groups is 1. The molecule has 26 heavy (non-hydrogen) atoms. The highest BCUT2D eigenvalue weighted by atomic mass is 16.5. The Hall–Kier alpha value is -3.79. The highest BCUT2D eigenvalue weighted by molar-refractivity contribution is 6.03. The minimum absolute atomic E-state index is 0.0246. The van der Waals surface area contributed by atoms with Crippen LogP contribution in [-0.2, 0) is 0 Å². The van der Waals surface area contributed by atoms with Gasteiger partial charge in [0.15, 0.2) is 11.4 Å². The second-order valence-electron chi connectivity index (χ2n) is 5.33. The van der Waals surface area contributed by atoms with E-state index in [1.54, 1.807) is 49.6 Å². The predicted molar refractivity (Wildman–Crippen MR) is 94.6 cm³/mol. The molecule has 0 saturated carbocycles. The molecule has 7 nitrogen and oxygen atoms in total. The van der Waals surface area contributed by atoms with Gasteiger partial charge in [0.05, 0.1) is 7.11 Å². The number of hydrogen-bond donors (Lipinski definition) is 2. The molecule has 0 unspecified atom stereocenters. The lowest BCUT2D eigenvalue weighted by molar-refractivity contribution is 0.0955. The molecule has 0 radical (unpaired) electrons. The third-order valence-corrected chi connectivity index (χ3v) is 3.79. The van der Waals surface area contributed by atoms with Crippen LogP contribution in [0.25, 0.3) is 10.8 Å².